The van der Waals surface area contributed by atoms with Gasteiger partial charge in [0.2, 0.25) is 0 Å². The van der Waals surface area contributed by atoms with Gasteiger partial charge in [-0.3, -0.25) is 9.59 Å². The van der Waals surface area contributed by atoms with Gasteiger partial charge in [-0.05, 0) is 42.1 Å². The first kappa shape index (κ1) is 14.7. The molecule has 0 unspecified atom stereocenters. The molecule has 20 heavy (non-hydrogen) atoms. The summed E-state index contributed by atoms with van der Waals surface area (Å²) in [5.41, 5.74) is 1.52. The quantitative estimate of drug-likeness (QED) is 0.834. The smallest absolute Gasteiger partial charge is 0.313 e. The van der Waals surface area contributed by atoms with Gasteiger partial charge in [0, 0.05) is 15.0 Å². The summed E-state index contributed by atoms with van der Waals surface area (Å²) in [6.45, 7) is 2.23. The Balaban J connectivity index is 1.92. The standard InChI is InChI=1S/C14H13BrN2O2S/c1-9-7-10(15)4-5-12(9)17-14(19)13(18)16-8-11-3-2-6-20-11/h2-7H,8H2,1H3,(H,16,18)(H,17,19). The van der Waals surface area contributed by atoms with Crippen LogP contribution in [0.3, 0.4) is 0 Å². The lowest BCUT2D eigenvalue weighted by molar-refractivity contribution is -0.136. The Kier molecular flexibility index (Phi) is 4.92. The highest BCUT2D eigenvalue weighted by molar-refractivity contribution is 9.10. The number of amides is 2. The van der Waals surface area contributed by atoms with Crippen molar-refractivity contribution in [2.75, 3.05) is 5.32 Å². The number of anilines is 1. The molecule has 0 fully saturated rings. The van der Waals surface area contributed by atoms with E-state index in [9.17, 15) is 9.59 Å². The molecule has 0 atom stereocenters. The van der Waals surface area contributed by atoms with E-state index >= 15 is 0 Å². The van der Waals surface area contributed by atoms with Crippen molar-refractivity contribution in [1.82, 2.24) is 5.32 Å². The highest BCUT2D eigenvalue weighted by Crippen LogP contribution is 2.19. The van der Waals surface area contributed by atoms with E-state index in [1.807, 2.05) is 36.6 Å². The summed E-state index contributed by atoms with van der Waals surface area (Å²) in [4.78, 5) is 24.5. The van der Waals surface area contributed by atoms with Crippen LogP contribution < -0.4 is 10.6 Å². The van der Waals surface area contributed by atoms with Gasteiger partial charge in [0.1, 0.15) is 0 Å². The largest absolute Gasteiger partial charge is 0.343 e. The fraction of sp³-hybridized carbons (Fsp3) is 0.143. The molecule has 1 aromatic heterocycles. The van der Waals surface area contributed by atoms with Crippen LogP contribution in [0.15, 0.2) is 40.2 Å². The summed E-state index contributed by atoms with van der Waals surface area (Å²) in [6, 6.07) is 9.24. The second-order valence-electron chi connectivity index (χ2n) is 4.18. The predicted molar refractivity (Wildman–Crippen MR) is 83.7 cm³/mol. The lowest BCUT2D eigenvalue weighted by Crippen LogP contribution is -2.34. The maximum absolute atomic E-state index is 11.8. The van der Waals surface area contributed by atoms with E-state index in [4.69, 9.17) is 0 Å². The first-order valence-electron chi connectivity index (χ1n) is 5.94. The van der Waals surface area contributed by atoms with E-state index in [-0.39, 0.29) is 0 Å². The average Bonchev–Trinajstić information content (AvgIpc) is 2.92. The van der Waals surface area contributed by atoms with Crippen molar-refractivity contribution >= 4 is 44.8 Å². The van der Waals surface area contributed by atoms with Gasteiger partial charge in [0.15, 0.2) is 0 Å². The lowest BCUT2D eigenvalue weighted by atomic mass is 10.2. The molecule has 1 aromatic carbocycles. The Morgan fingerprint density at radius 3 is 2.70 bits per heavy atom. The zero-order chi connectivity index (χ0) is 14.5. The second-order valence-corrected chi connectivity index (χ2v) is 6.12. The number of halogens is 1. The highest BCUT2D eigenvalue weighted by atomic mass is 79.9. The van der Waals surface area contributed by atoms with Crippen LogP contribution in [0.2, 0.25) is 0 Å². The first-order valence-corrected chi connectivity index (χ1v) is 7.61. The molecule has 2 rings (SSSR count). The molecule has 0 radical (unpaired) electrons. The number of thiophene rings is 1. The SMILES string of the molecule is Cc1cc(Br)ccc1NC(=O)C(=O)NCc1cccs1. The number of hydrogen-bond acceptors (Lipinski definition) is 3. The summed E-state index contributed by atoms with van der Waals surface area (Å²) >= 11 is 4.88. The van der Waals surface area contributed by atoms with Crippen LogP contribution in [0.4, 0.5) is 5.69 Å². The molecule has 104 valence electrons. The van der Waals surface area contributed by atoms with Crippen LogP contribution in [-0.4, -0.2) is 11.8 Å². The minimum absolute atomic E-state index is 0.364. The fourth-order valence-electron chi connectivity index (χ4n) is 1.61. The van der Waals surface area contributed by atoms with Gasteiger partial charge in [-0.25, -0.2) is 0 Å². The molecule has 0 aliphatic rings. The number of nitrogens with one attached hydrogen (secondary N) is 2. The van der Waals surface area contributed by atoms with Crippen LogP contribution in [0.5, 0.6) is 0 Å². The van der Waals surface area contributed by atoms with Crippen LogP contribution >= 0.6 is 27.3 Å². The van der Waals surface area contributed by atoms with Crippen molar-refractivity contribution in [2.45, 2.75) is 13.5 Å². The maximum Gasteiger partial charge on any atom is 0.313 e. The number of carbonyl (C=O) groups is 2. The Bertz CT molecular complexity index is 626. The number of aryl methyl sites for hydroxylation is 1. The lowest BCUT2D eigenvalue weighted by Gasteiger charge is -2.08. The van der Waals surface area contributed by atoms with Gasteiger partial charge in [0.25, 0.3) is 0 Å². The van der Waals surface area contributed by atoms with Crippen molar-refractivity contribution in [3.05, 3.63) is 50.6 Å². The van der Waals surface area contributed by atoms with Crippen LogP contribution in [0.25, 0.3) is 0 Å². The van der Waals surface area contributed by atoms with Crippen molar-refractivity contribution in [3.63, 3.8) is 0 Å². The summed E-state index contributed by atoms with van der Waals surface area (Å²) in [5, 5.41) is 7.11. The van der Waals surface area contributed by atoms with Crippen LogP contribution in [-0.2, 0) is 16.1 Å². The Labute approximate surface area is 129 Å². The summed E-state index contributed by atoms with van der Waals surface area (Å²) in [5.74, 6) is -1.30. The molecule has 4 nitrogen and oxygen atoms in total. The summed E-state index contributed by atoms with van der Waals surface area (Å²) in [7, 11) is 0. The Morgan fingerprint density at radius 1 is 1.25 bits per heavy atom. The van der Waals surface area contributed by atoms with Gasteiger partial charge in [0.05, 0.1) is 6.54 Å². The molecule has 2 N–H and O–H groups in total. The van der Waals surface area contributed by atoms with Crippen molar-refractivity contribution in [2.24, 2.45) is 0 Å². The first-order chi connectivity index (χ1) is 9.56. The van der Waals surface area contributed by atoms with Crippen LogP contribution in [0.1, 0.15) is 10.4 Å². The van der Waals surface area contributed by atoms with E-state index in [1.165, 1.54) is 11.3 Å². The Morgan fingerprint density at radius 2 is 2.05 bits per heavy atom. The van der Waals surface area contributed by atoms with E-state index in [1.54, 1.807) is 6.07 Å². The van der Waals surface area contributed by atoms with E-state index in [2.05, 4.69) is 26.6 Å². The molecule has 0 spiro atoms. The van der Waals surface area contributed by atoms with Gasteiger partial charge in [-0.2, -0.15) is 0 Å². The van der Waals surface area contributed by atoms with Crippen molar-refractivity contribution < 1.29 is 9.59 Å². The van der Waals surface area contributed by atoms with Gasteiger partial charge in [-0.1, -0.05) is 22.0 Å². The van der Waals surface area contributed by atoms with Crippen molar-refractivity contribution in [1.29, 1.82) is 0 Å². The number of carbonyl (C=O) groups excluding carboxylic acids is 2. The minimum atomic E-state index is -0.660. The highest BCUT2D eigenvalue weighted by Gasteiger charge is 2.14. The monoisotopic (exact) mass is 352 g/mol. The molecule has 2 amide bonds. The normalized spacial score (nSPS) is 10.1. The van der Waals surface area contributed by atoms with Crippen molar-refractivity contribution in [3.8, 4) is 0 Å². The van der Waals surface area contributed by atoms with Crippen LogP contribution in [0, 0.1) is 6.92 Å². The average molecular weight is 353 g/mol. The zero-order valence-electron chi connectivity index (χ0n) is 10.8. The third kappa shape index (κ3) is 3.91. The number of benzene rings is 1. The molecule has 1 heterocycles. The molecular formula is C14H13BrN2O2S. The molecule has 0 aliphatic heterocycles. The third-order valence-corrected chi connectivity index (χ3v) is 4.02. The molecular weight excluding hydrogens is 340 g/mol. The van der Waals surface area contributed by atoms with E-state index < -0.39 is 11.8 Å². The fourth-order valence-corrected chi connectivity index (χ4v) is 2.73. The molecule has 6 heteroatoms. The molecule has 0 aliphatic carbocycles. The molecule has 0 saturated heterocycles. The summed E-state index contributed by atoms with van der Waals surface area (Å²) in [6.07, 6.45) is 0. The second kappa shape index (κ2) is 6.67. The van der Waals surface area contributed by atoms with E-state index in [0.717, 1.165) is 14.9 Å². The Hall–Kier alpha value is -1.66. The third-order valence-electron chi connectivity index (χ3n) is 2.65. The topological polar surface area (TPSA) is 58.2 Å². The summed E-state index contributed by atoms with van der Waals surface area (Å²) < 4.78 is 0.926. The maximum atomic E-state index is 11.8. The predicted octanol–water partition coefficient (Wildman–Crippen LogP) is 3.07. The minimum Gasteiger partial charge on any atom is -0.343 e. The number of rotatable bonds is 3. The van der Waals surface area contributed by atoms with Gasteiger partial charge < -0.3 is 10.6 Å². The molecule has 2 aromatic rings. The van der Waals surface area contributed by atoms with Gasteiger partial charge in [-0.15, -0.1) is 11.3 Å². The number of hydrogen-bond donors (Lipinski definition) is 2. The molecule has 0 bridgehead atoms. The van der Waals surface area contributed by atoms with Gasteiger partial charge >= 0.3 is 11.8 Å². The zero-order valence-corrected chi connectivity index (χ0v) is 13.2. The molecule has 0 saturated carbocycles. The van der Waals surface area contributed by atoms with E-state index in [0.29, 0.717) is 12.2 Å².